The first-order valence-corrected chi connectivity index (χ1v) is 12.2. The van der Waals surface area contributed by atoms with Crippen molar-refractivity contribution in [2.75, 3.05) is 11.9 Å². The van der Waals surface area contributed by atoms with Crippen LogP contribution in [0.2, 0.25) is 0 Å². The molecule has 0 radical (unpaired) electrons. The molecule has 0 aliphatic carbocycles. The van der Waals surface area contributed by atoms with Gasteiger partial charge in [-0.15, -0.1) is 0 Å². The molecule has 1 amide bonds. The molecule has 0 bridgehead atoms. The van der Waals surface area contributed by atoms with Gasteiger partial charge in [0.05, 0.1) is 6.42 Å². The van der Waals surface area contributed by atoms with E-state index in [0.717, 1.165) is 34.0 Å². The van der Waals surface area contributed by atoms with Gasteiger partial charge >= 0.3 is 5.97 Å². The predicted molar refractivity (Wildman–Crippen MR) is 144 cm³/mol. The van der Waals surface area contributed by atoms with Crippen LogP contribution in [-0.4, -0.2) is 23.1 Å². The first kappa shape index (κ1) is 23.4. The van der Waals surface area contributed by atoms with Crippen LogP contribution in [0.3, 0.4) is 0 Å². The van der Waals surface area contributed by atoms with Gasteiger partial charge in [-0.3, -0.25) is 9.59 Å². The Kier molecular flexibility index (Phi) is 6.80. The summed E-state index contributed by atoms with van der Waals surface area (Å²) in [7, 11) is 0. The van der Waals surface area contributed by atoms with Gasteiger partial charge in [0.25, 0.3) is 5.91 Å². The van der Waals surface area contributed by atoms with E-state index in [1.54, 1.807) is 0 Å². The predicted octanol–water partition coefficient (Wildman–Crippen LogP) is 6.52. The number of aromatic nitrogens is 1. The number of hydrogen-bond donors (Lipinski definition) is 1. The number of fused-ring (bicyclic) bond motifs is 3. The molecule has 5 nitrogen and oxygen atoms in total. The number of ether oxygens (including phenoxy) is 1. The SMILES string of the molecule is CCn1c2ccccc2c2cc(NC(=O)COC(=O)CC(c3ccccc3)c3ccccc3)ccc21. The summed E-state index contributed by atoms with van der Waals surface area (Å²) >= 11 is 0. The lowest BCUT2D eigenvalue weighted by Gasteiger charge is -2.17. The monoisotopic (exact) mass is 476 g/mol. The Balaban J connectivity index is 1.25. The summed E-state index contributed by atoms with van der Waals surface area (Å²) in [6.07, 6.45) is 0.157. The number of aryl methyl sites for hydroxylation is 1. The van der Waals surface area contributed by atoms with Crippen molar-refractivity contribution in [1.29, 1.82) is 0 Å². The van der Waals surface area contributed by atoms with E-state index in [0.29, 0.717) is 5.69 Å². The molecule has 0 atom stereocenters. The Bertz CT molecular complexity index is 1470. The highest BCUT2D eigenvalue weighted by molar-refractivity contribution is 6.09. The van der Waals surface area contributed by atoms with E-state index in [2.05, 4.69) is 28.9 Å². The number of nitrogens with zero attached hydrogens (tertiary/aromatic N) is 1. The highest BCUT2D eigenvalue weighted by atomic mass is 16.5. The summed E-state index contributed by atoms with van der Waals surface area (Å²) in [4.78, 5) is 25.3. The fraction of sp³-hybridized carbons (Fsp3) is 0.161. The minimum atomic E-state index is -0.413. The Morgan fingerprint density at radius 1 is 0.778 bits per heavy atom. The highest BCUT2D eigenvalue weighted by Gasteiger charge is 2.20. The molecule has 1 heterocycles. The number of para-hydroxylation sites is 1. The van der Waals surface area contributed by atoms with Gasteiger partial charge in [-0.2, -0.15) is 0 Å². The first-order valence-electron chi connectivity index (χ1n) is 12.2. The molecule has 0 fully saturated rings. The largest absolute Gasteiger partial charge is 0.456 e. The van der Waals surface area contributed by atoms with E-state index in [1.165, 1.54) is 5.52 Å². The Morgan fingerprint density at radius 2 is 1.39 bits per heavy atom. The second-order valence-corrected chi connectivity index (χ2v) is 8.78. The van der Waals surface area contributed by atoms with Crippen molar-refractivity contribution >= 4 is 39.4 Å². The summed E-state index contributed by atoms with van der Waals surface area (Å²) in [5, 5.41) is 5.10. The minimum Gasteiger partial charge on any atom is -0.456 e. The van der Waals surface area contributed by atoms with Crippen molar-refractivity contribution in [1.82, 2.24) is 4.57 Å². The number of carbonyl (C=O) groups excluding carboxylic acids is 2. The maximum absolute atomic E-state index is 12.7. The molecule has 0 saturated carbocycles. The van der Waals surface area contributed by atoms with Crippen LogP contribution in [0.4, 0.5) is 5.69 Å². The summed E-state index contributed by atoms with van der Waals surface area (Å²) in [5.74, 6) is -0.913. The van der Waals surface area contributed by atoms with Crippen molar-refractivity contribution < 1.29 is 14.3 Å². The van der Waals surface area contributed by atoms with Crippen LogP contribution in [0.5, 0.6) is 0 Å². The maximum atomic E-state index is 12.7. The van der Waals surface area contributed by atoms with Crippen molar-refractivity contribution in [2.45, 2.75) is 25.8 Å². The molecule has 0 aliphatic heterocycles. The van der Waals surface area contributed by atoms with E-state index in [9.17, 15) is 9.59 Å². The fourth-order valence-electron chi connectivity index (χ4n) is 4.84. The van der Waals surface area contributed by atoms with E-state index in [1.807, 2.05) is 91.0 Å². The van der Waals surface area contributed by atoms with Crippen molar-refractivity contribution in [3.05, 3.63) is 114 Å². The molecule has 0 aliphatic rings. The Hall–Kier alpha value is -4.38. The van der Waals surface area contributed by atoms with Gasteiger partial charge in [-0.1, -0.05) is 78.9 Å². The molecule has 180 valence electrons. The van der Waals surface area contributed by atoms with Gasteiger partial charge in [0.2, 0.25) is 0 Å². The summed E-state index contributed by atoms with van der Waals surface area (Å²) in [5.41, 5.74) is 5.03. The number of amides is 1. The normalized spacial score (nSPS) is 11.2. The first-order chi connectivity index (χ1) is 17.6. The summed E-state index contributed by atoms with van der Waals surface area (Å²) < 4.78 is 7.63. The molecule has 5 aromatic rings. The average Bonchev–Trinajstić information content (AvgIpc) is 3.24. The third-order valence-electron chi connectivity index (χ3n) is 6.51. The van der Waals surface area contributed by atoms with Gasteiger partial charge in [0.1, 0.15) is 0 Å². The lowest BCUT2D eigenvalue weighted by Crippen LogP contribution is -2.22. The fourth-order valence-corrected chi connectivity index (χ4v) is 4.84. The molecule has 1 aromatic heterocycles. The average molecular weight is 477 g/mol. The number of esters is 1. The number of benzene rings is 4. The number of anilines is 1. The second-order valence-electron chi connectivity index (χ2n) is 8.78. The summed E-state index contributed by atoms with van der Waals surface area (Å²) in [6, 6.07) is 33.9. The molecule has 5 heteroatoms. The molecule has 4 aromatic carbocycles. The molecule has 0 saturated heterocycles. The quantitative estimate of drug-likeness (QED) is 0.259. The molecular weight excluding hydrogens is 448 g/mol. The lowest BCUT2D eigenvalue weighted by molar-refractivity contribution is -0.147. The number of hydrogen-bond acceptors (Lipinski definition) is 3. The third kappa shape index (κ3) is 4.86. The summed E-state index contributed by atoms with van der Waals surface area (Å²) in [6.45, 7) is 2.65. The van der Waals surface area contributed by atoms with Crippen LogP contribution in [-0.2, 0) is 20.9 Å². The zero-order chi connectivity index (χ0) is 24.9. The van der Waals surface area contributed by atoms with Gasteiger partial charge in [0.15, 0.2) is 6.61 Å². The van der Waals surface area contributed by atoms with E-state index in [4.69, 9.17) is 4.74 Å². The van der Waals surface area contributed by atoms with Gasteiger partial charge in [0, 0.05) is 40.0 Å². The highest BCUT2D eigenvalue weighted by Crippen LogP contribution is 2.31. The standard InChI is InChI=1S/C31H28N2O3/c1-2-33-28-16-10-9-15-25(28)27-19-24(17-18-29(27)33)32-30(34)21-36-31(35)20-26(22-11-5-3-6-12-22)23-13-7-4-8-14-23/h3-19,26H,2,20-21H2,1H3,(H,32,34). The van der Waals surface area contributed by atoms with Gasteiger partial charge < -0.3 is 14.6 Å². The smallest absolute Gasteiger partial charge is 0.307 e. The van der Waals surface area contributed by atoms with Gasteiger partial charge in [-0.05, 0) is 42.3 Å². The minimum absolute atomic E-state index is 0.138. The van der Waals surface area contributed by atoms with Crippen molar-refractivity contribution in [3.63, 3.8) is 0 Å². The molecule has 1 N–H and O–H groups in total. The molecule has 36 heavy (non-hydrogen) atoms. The van der Waals surface area contributed by atoms with E-state index >= 15 is 0 Å². The van der Waals surface area contributed by atoms with Crippen LogP contribution in [0.25, 0.3) is 21.8 Å². The third-order valence-corrected chi connectivity index (χ3v) is 6.51. The molecule has 5 rings (SSSR count). The number of rotatable bonds is 8. The Labute approximate surface area is 210 Å². The molecule has 0 unspecified atom stereocenters. The van der Waals surface area contributed by atoms with Crippen LogP contribution in [0, 0.1) is 0 Å². The topological polar surface area (TPSA) is 60.3 Å². The zero-order valence-corrected chi connectivity index (χ0v) is 20.2. The molecular formula is C31H28N2O3. The van der Waals surface area contributed by atoms with E-state index in [-0.39, 0.29) is 24.9 Å². The van der Waals surface area contributed by atoms with Crippen LogP contribution in [0.1, 0.15) is 30.4 Å². The van der Waals surface area contributed by atoms with Crippen molar-refractivity contribution in [3.8, 4) is 0 Å². The Morgan fingerprint density at radius 3 is 2.06 bits per heavy atom. The van der Waals surface area contributed by atoms with Crippen LogP contribution in [0.15, 0.2) is 103 Å². The van der Waals surface area contributed by atoms with Crippen LogP contribution >= 0.6 is 0 Å². The van der Waals surface area contributed by atoms with Crippen LogP contribution < -0.4 is 5.32 Å². The zero-order valence-electron chi connectivity index (χ0n) is 20.2. The van der Waals surface area contributed by atoms with Gasteiger partial charge in [-0.25, -0.2) is 0 Å². The second kappa shape index (κ2) is 10.5. The van der Waals surface area contributed by atoms with E-state index < -0.39 is 5.97 Å². The molecule has 0 spiro atoms. The lowest BCUT2D eigenvalue weighted by atomic mass is 9.89. The van der Waals surface area contributed by atoms with Crippen molar-refractivity contribution in [2.24, 2.45) is 0 Å². The number of nitrogens with one attached hydrogen (secondary N) is 1. The number of carbonyl (C=O) groups is 2. The maximum Gasteiger partial charge on any atom is 0.307 e.